The normalized spacial score (nSPS) is 17.9. The predicted octanol–water partition coefficient (Wildman–Crippen LogP) is 5.47. The molecule has 2 unspecified atom stereocenters. The molecule has 2 atom stereocenters. The van der Waals surface area contributed by atoms with Crippen molar-refractivity contribution in [1.29, 1.82) is 0 Å². The highest BCUT2D eigenvalue weighted by Gasteiger charge is 2.34. The number of benzene rings is 2. The van der Waals surface area contributed by atoms with Crippen molar-refractivity contribution in [2.24, 2.45) is 5.92 Å². The molecule has 6 nitrogen and oxygen atoms in total. The van der Waals surface area contributed by atoms with Gasteiger partial charge in [0.15, 0.2) is 0 Å². The summed E-state index contributed by atoms with van der Waals surface area (Å²) in [7, 11) is 1.38. The van der Waals surface area contributed by atoms with Crippen LogP contribution in [0.15, 0.2) is 48.5 Å². The number of rotatable bonds is 10. The lowest BCUT2D eigenvalue weighted by Gasteiger charge is -2.32. The van der Waals surface area contributed by atoms with E-state index in [1.54, 1.807) is 4.90 Å². The molecule has 2 aromatic rings. The van der Waals surface area contributed by atoms with E-state index in [9.17, 15) is 9.59 Å². The first-order valence-corrected chi connectivity index (χ1v) is 12.6. The van der Waals surface area contributed by atoms with Crippen LogP contribution in [0, 0.1) is 5.92 Å². The van der Waals surface area contributed by atoms with Gasteiger partial charge >= 0.3 is 5.97 Å². The van der Waals surface area contributed by atoms with Gasteiger partial charge in [0.25, 0.3) is 0 Å². The molecule has 1 N–H and O–H groups in total. The van der Waals surface area contributed by atoms with Crippen LogP contribution in [0.3, 0.4) is 0 Å². The maximum absolute atomic E-state index is 13.1. The van der Waals surface area contributed by atoms with Crippen LogP contribution in [-0.4, -0.2) is 42.1 Å². The summed E-state index contributed by atoms with van der Waals surface area (Å²) in [6.45, 7) is 11.2. The standard InChI is InChI=1S/C29H40N2O4/c1-7-8-13-25(32)31(26(20(2)3)28(33)34-6)18-21-14-16-22(17-15-21)23-11-9-10-12-24(23)27-30-29(4,5)19-35-27/h9-12,14-17,20,26-27,30H,7-8,13,18-19H2,1-6H3. The second-order valence-corrected chi connectivity index (χ2v) is 10.3. The van der Waals surface area contributed by atoms with Gasteiger partial charge in [0.2, 0.25) is 5.91 Å². The Kier molecular flexibility index (Phi) is 9.09. The van der Waals surface area contributed by atoms with E-state index in [2.05, 4.69) is 50.4 Å². The van der Waals surface area contributed by atoms with Crippen LogP contribution in [0.4, 0.5) is 0 Å². The molecule has 0 bridgehead atoms. The Morgan fingerprint density at radius 3 is 2.40 bits per heavy atom. The Morgan fingerprint density at radius 2 is 1.83 bits per heavy atom. The Bertz CT molecular complexity index is 1000. The lowest BCUT2D eigenvalue weighted by atomic mass is 9.96. The first kappa shape index (κ1) is 26.9. The fourth-order valence-corrected chi connectivity index (χ4v) is 4.57. The van der Waals surface area contributed by atoms with Gasteiger partial charge in [-0.3, -0.25) is 10.1 Å². The fourth-order valence-electron chi connectivity index (χ4n) is 4.57. The summed E-state index contributed by atoms with van der Waals surface area (Å²) in [5.74, 6) is -0.442. The molecular weight excluding hydrogens is 440 g/mol. The number of amides is 1. The maximum atomic E-state index is 13.1. The van der Waals surface area contributed by atoms with E-state index >= 15 is 0 Å². The first-order valence-electron chi connectivity index (χ1n) is 12.6. The molecule has 2 aromatic carbocycles. The van der Waals surface area contributed by atoms with Crippen molar-refractivity contribution in [2.75, 3.05) is 13.7 Å². The van der Waals surface area contributed by atoms with Crippen molar-refractivity contribution in [2.45, 2.75) is 78.2 Å². The molecule has 0 saturated carbocycles. The first-order chi connectivity index (χ1) is 16.7. The van der Waals surface area contributed by atoms with Gasteiger partial charge in [0.05, 0.1) is 13.7 Å². The van der Waals surface area contributed by atoms with Crippen LogP contribution in [-0.2, 0) is 25.6 Å². The van der Waals surface area contributed by atoms with Crippen LogP contribution in [0.5, 0.6) is 0 Å². The third-order valence-electron chi connectivity index (χ3n) is 6.47. The third kappa shape index (κ3) is 6.71. The van der Waals surface area contributed by atoms with Crippen molar-refractivity contribution in [1.82, 2.24) is 10.2 Å². The van der Waals surface area contributed by atoms with Crippen molar-refractivity contribution in [3.63, 3.8) is 0 Å². The highest BCUT2D eigenvalue weighted by atomic mass is 16.5. The second-order valence-electron chi connectivity index (χ2n) is 10.3. The molecule has 6 heteroatoms. The summed E-state index contributed by atoms with van der Waals surface area (Å²) < 4.78 is 11.1. The van der Waals surface area contributed by atoms with Gasteiger partial charge in [-0.25, -0.2) is 4.79 Å². The molecule has 1 fully saturated rings. The lowest BCUT2D eigenvalue weighted by molar-refractivity contribution is -0.155. The number of hydrogen-bond donors (Lipinski definition) is 1. The van der Waals surface area contributed by atoms with Gasteiger partial charge < -0.3 is 14.4 Å². The SMILES string of the molecule is CCCCC(=O)N(Cc1ccc(-c2ccccc2C2NC(C)(C)CO2)cc1)C(C(=O)OC)C(C)C. The lowest BCUT2D eigenvalue weighted by Crippen LogP contribution is -2.48. The van der Waals surface area contributed by atoms with Gasteiger partial charge in [-0.15, -0.1) is 0 Å². The molecule has 1 saturated heterocycles. The molecule has 0 radical (unpaired) electrons. The largest absolute Gasteiger partial charge is 0.467 e. The molecule has 3 rings (SSSR count). The molecule has 1 heterocycles. The number of nitrogens with one attached hydrogen (secondary N) is 1. The van der Waals surface area contributed by atoms with E-state index in [1.165, 1.54) is 7.11 Å². The molecular formula is C29H40N2O4. The van der Waals surface area contributed by atoms with Crippen molar-refractivity contribution in [3.8, 4) is 11.1 Å². The average Bonchev–Trinajstić information content (AvgIpc) is 3.21. The highest BCUT2D eigenvalue weighted by Crippen LogP contribution is 2.33. The van der Waals surface area contributed by atoms with Gasteiger partial charge in [-0.1, -0.05) is 75.7 Å². The number of carbonyl (C=O) groups excluding carboxylic acids is 2. The summed E-state index contributed by atoms with van der Waals surface area (Å²) in [5, 5.41) is 3.55. The zero-order valence-corrected chi connectivity index (χ0v) is 22.0. The summed E-state index contributed by atoms with van der Waals surface area (Å²) in [6.07, 6.45) is 1.99. The Hall–Kier alpha value is -2.70. The topological polar surface area (TPSA) is 67.9 Å². The summed E-state index contributed by atoms with van der Waals surface area (Å²) >= 11 is 0. The molecule has 1 aliphatic heterocycles. The number of unbranched alkanes of at least 4 members (excludes halogenated alkanes) is 1. The van der Waals surface area contributed by atoms with E-state index in [1.807, 2.05) is 38.1 Å². The van der Waals surface area contributed by atoms with Crippen LogP contribution in [0.2, 0.25) is 0 Å². The molecule has 1 aliphatic rings. The van der Waals surface area contributed by atoms with Gasteiger partial charge in [0, 0.05) is 24.1 Å². The number of carbonyl (C=O) groups is 2. The monoisotopic (exact) mass is 480 g/mol. The Morgan fingerprint density at radius 1 is 1.14 bits per heavy atom. The maximum Gasteiger partial charge on any atom is 0.328 e. The average molecular weight is 481 g/mol. The van der Waals surface area contributed by atoms with E-state index in [-0.39, 0.29) is 29.6 Å². The minimum atomic E-state index is -0.612. The minimum Gasteiger partial charge on any atom is -0.467 e. The van der Waals surface area contributed by atoms with Crippen molar-refractivity contribution < 1.29 is 19.1 Å². The van der Waals surface area contributed by atoms with E-state index in [4.69, 9.17) is 9.47 Å². The summed E-state index contributed by atoms with van der Waals surface area (Å²) in [4.78, 5) is 27.4. The van der Waals surface area contributed by atoms with Gasteiger partial charge in [-0.2, -0.15) is 0 Å². The zero-order valence-electron chi connectivity index (χ0n) is 22.0. The second kappa shape index (κ2) is 11.8. The Balaban J connectivity index is 1.85. The van der Waals surface area contributed by atoms with E-state index in [0.29, 0.717) is 19.6 Å². The number of nitrogens with zero attached hydrogens (tertiary/aromatic N) is 1. The number of methoxy groups -OCH3 is 1. The summed E-state index contributed by atoms with van der Waals surface area (Å²) in [6, 6.07) is 15.9. The molecule has 35 heavy (non-hydrogen) atoms. The van der Waals surface area contributed by atoms with Crippen LogP contribution in [0.1, 0.15) is 71.2 Å². The molecule has 0 aliphatic carbocycles. The summed E-state index contributed by atoms with van der Waals surface area (Å²) in [5.41, 5.74) is 4.20. The quantitative estimate of drug-likeness (QED) is 0.457. The smallest absolute Gasteiger partial charge is 0.328 e. The third-order valence-corrected chi connectivity index (χ3v) is 6.47. The minimum absolute atomic E-state index is 0.0163. The van der Waals surface area contributed by atoms with Gasteiger partial charge in [0.1, 0.15) is 12.3 Å². The zero-order chi connectivity index (χ0) is 25.6. The van der Waals surface area contributed by atoms with Crippen LogP contribution >= 0.6 is 0 Å². The number of ether oxygens (including phenoxy) is 2. The fraction of sp³-hybridized carbons (Fsp3) is 0.517. The van der Waals surface area contributed by atoms with Crippen LogP contribution < -0.4 is 5.32 Å². The number of hydrogen-bond acceptors (Lipinski definition) is 5. The number of esters is 1. The van der Waals surface area contributed by atoms with Crippen LogP contribution in [0.25, 0.3) is 11.1 Å². The van der Waals surface area contributed by atoms with Gasteiger partial charge in [-0.05, 0) is 42.9 Å². The molecule has 190 valence electrons. The molecule has 0 spiro atoms. The van der Waals surface area contributed by atoms with Crippen molar-refractivity contribution in [3.05, 3.63) is 59.7 Å². The highest BCUT2D eigenvalue weighted by molar-refractivity contribution is 5.84. The Labute approximate surface area is 210 Å². The molecule has 0 aromatic heterocycles. The van der Waals surface area contributed by atoms with E-state index < -0.39 is 6.04 Å². The molecule has 1 amide bonds. The van der Waals surface area contributed by atoms with E-state index in [0.717, 1.165) is 35.1 Å². The van der Waals surface area contributed by atoms with Crippen molar-refractivity contribution >= 4 is 11.9 Å². The predicted molar refractivity (Wildman–Crippen MR) is 139 cm³/mol.